The molecule has 1 amide bonds. The molecule has 3 rings (SSSR count). The zero-order valence-electron chi connectivity index (χ0n) is 12.7. The van der Waals surface area contributed by atoms with Gasteiger partial charge in [-0.05, 0) is 19.9 Å². The average Bonchev–Trinajstić information content (AvgIpc) is 2.95. The molecule has 2 N–H and O–H groups in total. The number of nitrogen functional groups attached to an aromatic ring is 1. The minimum Gasteiger partial charge on any atom is -0.368 e. The maximum atomic E-state index is 12.8. The van der Waals surface area contributed by atoms with Crippen LogP contribution in [0.25, 0.3) is 0 Å². The number of rotatable bonds is 2. The first-order chi connectivity index (χ1) is 10.5. The Morgan fingerprint density at radius 1 is 1.27 bits per heavy atom. The lowest BCUT2D eigenvalue weighted by molar-refractivity contribution is -0.134. The van der Waals surface area contributed by atoms with Gasteiger partial charge in [-0.15, -0.1) is 0 Å². The third kappa shape index (κ3) is 3.10. The highest BCUT2D eigenvalue weighted by Gasteiger charge is 2.35. The Labute approximate surface area is 135 Å². The van der Waals surface area contributed by atoms with E-state index in [-0.39, 0.29) is 17.9 Å². The first-order valence-corrected chi connectivity index (χ1v) is 7.96. The second kappa shape index (κ2) is 6.26. The third-order valence-corrected chi connectivity index (χ3v) is 4.54. The van der Waals surface area contributed by atoms with Crippen LogP contribution in [0.15, 0.2) is 6.07 Å². The molecule has 22 heavy (non-hydrogen) atoms. The molecular formula is C14H21ClN6O. The van der Waals surface area contributed by atoms with Crippen molar-refractivity contribution in [3.05, 3.63) is 11.2 Å². The molecule has 0 bridgehead atoms. The van der Waals surface area contributed by atoms with Gasteiger partial charge >= 0.3 is 0 Å². The molecule has 0 radical (unpaired) electrons. The number of nitrogens with two attached hydrogens (primary N) is 1. The molecule has 2 aliphatic rings. The van der Waals surface area contributed by atoms with Gasteiger partial charge in [0.1, 0.15) is 17.0 Å². The summed E-state index contributed by atoms with van der Waals surface area (Å²) in [5, 5.41) is 0.306. The molecule has 0 aliphatic carbocycles. The summed E-state index contributed by atoms with van der Waals surface area (Å²) >= 11 is 5.96. The number of piperazine rings is 1. The number of halogens is 1. The average molecular weight is 325 g/mol. The van der Waals surface area contributed by atoms with E-state index in [1.807, 2.05) is 9.80 Å². The van der Waals surface area contributed by atoms with Crippen LogP contribution in [0.2, 0.25) is 5.15 Å². The molecule has 0 spiro atoms. The van der Waals surface area contributed by atoms with Crippen molar-refractivity contribution in [3.63, 3.8) is 0 Å². The lowest BCUT2D eigenvalue weighted by Crippen LogP contribution is -2.53. The standard InChI is InChI=1S/C14H21ClN6O/c1-19-5-7-20(8-6-19)13(22)10-3-2-4-21(10)12-9-11(15)17-14(16)18-12/h9-10H,2-8H2,1H3,(H2,16,17,18). The maximum Gasteiger partial charge on any atom is 0.245 e. The number of carbonyl (C=O) groups excluding carboxylic acids is 1. The molecule has 0 aromatic carbocycles. The monoisotopic (exact) mass is 324 g/mol. The molecular weight excluding hydrogens is 304 g/mol. The predicted molar refractivity (Wildman–Crippen MR) is 85.9 cm³/mol. The molecule has 120 valence electrons. The second-order valence-electron chi connectivity index (χ2n) is 5.89. The fourth-order valence-electron chi connectivity index (χ4n) is 3.11. The number of amides is 1. The summed E-state index contributed by atoms with van der Waals surface area (Å²) in [5.74, 6) is 0.960. The molecule has 1 aromatic rings. The van der Waals surface area contributed by atoms with Crippen molar-refractivity contribution in [2.45, 2.75) is 18.9 Å². The molecule has 1 unspecified atom stereocenters. The topological polar surface area (TPSA) is 78.6 Å². The zero-order chi connectivity index (χ0) is 15.7. The van der Waals surface area contributed by atoms with Crippen LogP contribution in [0.3, 0.4) is 0 Å². The summed E-state index contributed by atoms with van der Waals surface area (Å²) in [4.78, 5) is 27.1. The molecule has 1 aromatic heterocycles. The Balaban J connectivity index is 1.76. The van der Waals surface area contributed by atoms with Crippen LogP contribution in [0, 0.1) is 0 Å². The molecule has 2 fully saturated rings. The van der Waals surface area contributed by atoms with Crippen molar-refractivity contribution in [1.29, 1.82) is 0 Å². The molecule has 0 saturated carbocycles. The second-order valence-corrected chi connectivity index (χ2v) is 6.27. The van der Waals surface area contributed by atoms with Gasteiger partial charge in [-0.3, -0.25) is 4.79 Å². The Kier molecular flexibility index (Phi) is 4.35. The van der Waals surface area contributed by atoms with E-state index in [9.17, 15) is 4.79 Å². The van der Waals surface area contributed by atoms with Gasteiger partial charge in [0.15, 0.2) is 0 Å². The molecule has 7 nitrogen and oxygen atoms in total. The largest absolute Gasteiger partial charge is 0.368 e. The van der Waals surface area contributed by atoms with Crippen LogP contribution in [-0.4, -0.2) is 71.5 Å². The van der Waals surface area contributed by atoms with E-state index >= 15 is 0 Å². The van der Waals surface area contributed by atoms with Crippen molar-refractivity contribution in [2.75, 3.05) is 50.4 Å². The predicted octanol–water partition coefficient (Wildman–Crippen LogP) is 0.455. The van der Waals surface area contributed by atoms with Crippen molar-refractivity contribution in [2.24, 2.45) is 0 Å². The summed E-state index contributed by atoms with van der Waals surface area (Å²) in [6.45, 7) is 4.20. The minimum atomic E-state index is -0.172. The Hall–Kier alpha value is -1.60. The summed E-state index contributed by atoms with van der Waals surface area (Å²) in [7, 11) is 2.08. The zero-order valence-corrected chi connectivity index (χ0v) is 13.5. The summed E-state index contributed by atoms with van der Waals surface area (Å²) in [5.41, 5.74) is 5.67. The van der Waals surface area contributed by atoms with Gasteiger partial charge in [-0.25, -0.2) is 4.98 Å². The minimum absolute atomic E-state index is 0.139. The van der Waals surface area contributed by atoms with E-state index in [1.54, 1.807) is 6.07 Å². The SMILES string of the molecule is CN1CCN(C(=O)C2CCCN2c2cc(Cl)nc(N)n2)CC1. The Morgan fingerprint density at radius 2 is 2.00 bits per heavy atom. The number of aromatic nitrogens is 2. The van der Waals surface area contributed by atoms with E-state index in [0.717, 1.165) is 45.6 Å². The number of hydrogen-bond donors (Lipinski definition) is 1. The number of anilines is 2. The van der Waals surface area contributed by atoms with Gasteiger partial charge in [0.2, 0.25) is 11.9 Å². The lowest BCUT2D eigenvalue weighted by atomic mass is 10.1. The van der Waals surface area contributed by atoms with E-state index in [0.29, 0.717) is 11.0 Å². The number of hydrogen-bond acceptors (Lipinski definition) is 6. The molecule has 8 heteroatoms. The fourth-order valence-corrected chi connectivity index (χ4v) is 3.29. The summed E-state index contributed by atoms with van der Waals surface area (Å²) in [6, 6.07) is 1.50. The van der Waals surface area contributed by atoms with Crippen molar-refractivity contribution < 1.29 is 4.79 Å². The van der Waals surface area contributed by atoms with Gasteiger partial charge < -0.3 is 20.4 Å². The molecule has 1 atom stereocenters. The first kappa shape index (κ1) is 15.3. The van der Waals surface area contributed by atoms with Crippen LogP contribution in [0.5, 0.6) is 0 Å². The van der Waals surface area contributed by atoms with E-state index in [2.05, 4.69) is 21.9 Å². The van der Waals surface area contributed by atoms with Crippen LogP contribution in [0.1, 0.15) is 12.8 Å². The van der Waals surface area contributed by atoms with Gasteiger partial charge in [0.25, 0.3) is 0 Å². The number of carbonyl (C=O) groups is 1. The maximum absolute atomic E-state index is 12.8. The van der Waals surface area contributed by atoms with Gasteiger partial charge in [-0.2, -0.15) is 4.98 Å². The first-order valence-electron chi connectivity index (χ1n) is 7.58. The summed E-state index contributed by atoms with van der Waals surface area (Å²) in [6.07, 6.45) is 1.80. The van der Waals surface area contributed by atoms with Crippen LogP contribution in [0.4, 0.5) is 11.8 Å². The highest BCUT2D eigenvalue weighted by molar-refractivity contribution is 6.29. The molecule has 2 saturated heterocycles. The lowest BCUT2D eigenvalue weighted by Gasteiger charge is -2.36. The van der Waals surface area contributed by atoms with Crippen LogP contribution in [-0.2, 0) is 4.79 Å². The molecule has 3 heterocycles. The highest BCUT2D eigenvalue weighted by Crippen LogP contribution is 2.27. The van der Waals surface area contributed by atoms with Gasteiger partial charge in [-0.1, -0.05) is 11.6 Å². The Bertz CT molecular complexity index is 540. The Morgan fingerprint density at radius 3 is 2.68 bits per heavy atom. The van der Waals surface area contributed by atoms with E-state index < -0.39 is 0 Å². The smallest absolute Gasteiger partial charge is 0.245 e. The van der Waals surface area contributed by atoms with Crippen molar-refractivity contribution in [3.8, 4) is 0 Å². The quantitative estimate of drug-likeness (QED) is 0.796. The van der Waals surface area contributed by atoms with Crippen LogP contribution >= 0.6 is 11.6 Å². The normalized spacial score (nSPS) is 23.1. The van der Waals surface area contributed by atoms with Crippen molar-refractivity contribution in [1.82, 2.24) is 19.8 Å². The highest BCUT2D eigenvalue weighted by atomic mass is 35.5. The third-order valence-electron chi connectivity index (χ3n) is 4.35. The number of likely N-dealkylation sites (N-methyl/N-ethyl adjacent to an activating group) is 1. The van der Waals surface area contributed by atoms with E-state index in [4.69, 9.17) is 17.3 Å². The fraction of sp³-hybridized carbons (Fsp3) is 0.643. The summed E-state index contributed by atoms with van der Waals surface area (Å²) < 4.78 is 0. The van der Waals surface area contributed by atoms with Gasteiger partial charge in [0, 0.05) is 38.8 Å². The van der Waals surface area contributed by atoms with E-state index in [1.165, 1.54) is 0 Å². The van der Waals surface area contributed by atoms with Gasteiger partial charge in [0.05, 0.1) is 0 Å². The van der Waals surface area contributed by atoms with Crippen molar-refractivity contribution >= 4 is 29.3 Å². The number of nitrogens with zero attached hydrogens (tertiary/aromatic N) is 5. The molecule has 2 aliphatic heterocycles. The van der Waals surface area contributed by atoms with Crippen LogP contribution < -0.4 is 10.6 Å².